The lowest BCUT2D eigenvalue weighted by molar-refractivity contribution is 0.0479. The molecule has 0 aliphatic rings. The number of hydrogen-bond acceptors (Lipinski definition) is 7. The van der Waals surface area contributed by atoms with E-state index in [0.717, 1.165) is 20.5 Å². The van der Waals surface area contributed by atoms with E-state index in [1.54, 1.807) is 0 Å². The number of carbonyl (C=O) groups excluding carboxylic acids is 2. The first-order valence-electron chi connectivity index (χ1n) is 7.65. The Morgan fingerprint density at radius 1 is 1.19 bits per heavy atom. The van der Waals surface area contributed by atoms with Gasteiger partial charge in [-0.3, -0.25) is 18.7 Å². The van der Waals surface area contributed by atoms with Gasteiger partial charge in [-0.25, -0.2) is 14.0 Å². The fraction of sp³-hybridized carbons (Fsp3) is 0.176. The summed E-state index contributed by atoms with van der Waals surface area (Å²) in [4.78, 5) is 48.6. The molecule has 0 atom stereocenters. The third-order valence-electron chi connectivity index (χ3n) is 4.00. The fourth-order valence-electron chi connectivity index (χ4n) is 2.51. The zero-order valence-electron chi connectivity index (χ0n) is 14.3. The van der Waals surface area contributed by atoms with Crippen molar-refractivity contribution in [2.45, 2.75) is 0 Å². The van der Waals surface area contributed by atoms with Crippen LogP contribution >= 0.6 is 11.3 Å². The number of esters is 1. The quantitative estimate of drug-likeness (QED) is 0.526. The summed E-state index contributed by atoms with van der Waals surface area (Å²) >= 11 is 1.09. The van der Waals surface area contributed by atoms with Gasteiger partial charge in [0.25, 0.3) is 5.56 Å². The molecule has 0 unspecified atom stereocenters. The topological polar surface area (TPSA) is 113 Å². The Morgan fingerprint density at radius 3 is 2.59 bits per heavy atom. The second kappa shape index (κ2) is 6.80. The number of ketones is 1. The van der Waals surface area contributed by atoms with Crippen LogP contribution in [0.25, 0.3) is 10.1 Å². The molecule has 0 bridgehead atoms. The second-order valence-corrected chi connectivity index (χ2v) is 6.84. The van der Waals surface area contributed by atoms with Gasteiger partial charge in [0.05, 0.1) is 0 Å². The van der Waals surface area contributed by atoms with Gasteiger partial charge in [0.15, 0.2) is 6.61 Å². The molecular weight excluding hydrogens is 377 g/mol. The Bertz CT molecular complexity index is 1210. The van der Waals surface area contributed by atoms with E-state index in [4.69, 9.17) is 10.5 Å². The van der Waals surface area contributed by atoms with Crippen molar-refractivity contribution in [1.82, 2.24) is 9.13 Å². The maximum Gasteiger partial charge on any atom is 0.348 e. The molecule has 2 heterocycles. The molecule has 1 aromatic carbocycles. The van der Waals surface area contributed by atoms with Crippen molar-refractivity contribution >= 4 is 39.0 Å². The van der Waals surface area contributed by atoms with Crippen molar-refractivity contribution in [3.8, 4) is 0 Å². The molecule has 8 nitrogen and oxygen atoms in total. The Morgan fingerprint density at radius 2 is 1.89 bits per heavy atom. The van der Waals surface area contributed by atoms with Crippen LogP contribution in [0.5, 0.6) is 0 Å². The number of benzene rings is 1. The predicted molar refractivity (Wildman–Crippen MR) is 97.7 cm³/mol. The molecular formula is C17H14FN3O5S. The lowest BCUT2D eigenvalue weighted by atomic mass is 10.2. The van der Waals surface area contributed by atoms with Gasteiger partial charge in [-0.2, -0.15) is 0 Å². The van der Waals surface area contributed by atoms with Gasteiger partial charge in [-0.15, -0.1) is 11.3 Å². The number of nitrogen functional groups attached to an aromatic ring is 1. The number of nitrogens with two attached hydrogens (primary N) is 1. The molecule has 0 saturated carbocycles. The largest absolute Gasteiger partial charge is 0.453 e. The van der Waals surface area contributed by atoms with E-state index >= 15 is 0 Å². The summed E-state index contributed by atoms with van der Waals surface area (Å²) < 4.78 is 20.6. The van der Waals surface area contributed by atoms with Gasteiger partial charge in [0, 0.05) is 18.8 Å². The highest BCUT2D eigenvalue weighted by molar-refractivity contribution is 7.20. The first-order valence-corrected chi connectivity index (χ1v) is 8.47. The first-order chi connectivity index (χ1) is 12.7. The molecule has 0 spiro atoms. The minimum atomic E-state index is -0.867. The highest BCUT2D eigenvalue weighted by Crippen LogP contribution is 2.26. The average molecular weight is 391 g/mol. The fourth-order valence-corrected chi connectivity index (χ4v) is 3.45. The van der Waals surface area contributed by atoms with Crippen LogP contribution < -0.4 is 17.0 Å². The standard InChI is InChI=1S/C17H14FN3O5S/c1-20-14(19)13(15(23)21(2)17(20)25)10(22)7-26-16(24)12-6-8-5-9(18)3-4-11(8)27-12/h3-6H,7,19H2,1-2H3. The lowest BCUT2D eigenvalue weighted by Crippen LogP contribution is -2.42. The third-order valence-corrected chi connectivity index (χ3v) is 5.10. The Labute approximate surface area is 155 Å². The number of hydrogen-bond donors (Lipinski definition) is 1. The van der Waals surface area contributed by atoms with Crippen LogP contribution in [-0.2, 0) is 18.8 Å². The molecule has 3 rings (SSSR count). The number of rotatable bonds is 4. The van der Waals surface area contributed by atoms with Gasteiger partial charge in [0.2, 0.25) is 5.78 Å². The van der Waals surface area contributed by atoms with E-state index in [1.807, 2.05) is 0 Å². The number of Topliss-reactive ketones (excluding diaryl/α,β-unsaturated/α-hetero) is 1. The minimum Gasteiger partial charge on any atom is -0.453 e. The zero-order valence-corrected chi connectivity index (χ0v) is 15.1. The third kappa shape index (κ3) is 3.26. The van der Waals surface area contributed by atoms with Crippen molar-refractivity contribution < 1.29 is 18.7 Å². The molecule has 0 saturated heterocycles. The van der Waals surface area contributed by atoms with Crippen molar-refractivity contribution in [1.29, 1.82) is 0 Å². The van der Waals surface area contributed by atoms with Gasteiger partial charge in [0.1, 0.15) is 22.1 Å². The summed E-state index contributed by atoms with van der Waals surface area (Å²) in [7, 11) is 2.53. The van der Waals surface area contributed by atoms with Crippen LogP contribution in [0, 0.1) is 5.82 Å². The van der Waals surface area contributed by atoms with E-state index in [-0.39, 0.29) is 10.7 Å². The summed E-state index contributed by atoms with van der Waals surface area (Å²) in [5.41, 5.74) is 3.72. The molecule has 27 heavy (non-hydrogen) atoms. The average Bonchev–Trinajstić information content (AvgIpc) is 3.06. The smallest absolute Gasteiger partial charge is 0.348 e. The number of aromatic nitrogens is 2. The van der Waals surface area contributed by atoms with E-state index in [2.05, 4.69) is 0 Å². The van der Waals surface area contributed by atoms with Crippen LogP contribution in [0.3, 0.4) is 0 Å². The lowest BCUT2D eigenvalue weighted by Gasteiger charge is -2.10. The van der Waals surface area contributed by atoms with E-state index in [1.165, 1.54) is 38.4 Å². The first kappa shape index (κ1) is 18.5. The molecule has 10 heteroatoms. The van der Waals surface area contributed by atoms with Crippen LogP contribution in [0.4, 0.5) is 10.2 Å². The second-order valence-electron chi connectivity index (χ2n) is 5.76. The van der Waals surface area contributed by atoms with Crippen molar-refractivity contribution in [2.75, 3.05) is 12.3 Å². The highest BCUT2D eigenvalue weighted by atomic mass is 32.1. The molecule has 140 valence electrons. The van der Waals surface area contributed by atoms with E-state index < -0.39 is 41.0 Å². The summed E-state index contributed by atoms with van der Waals surface area (Å²) in [5.74, 6) is -2.35. The van der Waals surface area contributed by atoms with Crippen molar-refractivity contribution in [2.24, 2.45) is 14.1 Å². The number of ether oxygens (including phenoxy) is 1. The summed E-state index contributed by atoms with van der Waals surface area (Å²) in [6.07, 6.45) is 0. The minimum absolute atomic E-state index is 0.185. The predicted octanol–water partition coefficient (Wildman–Crippen LogP) is 1.06. The highest BCUT2D eigenvalue weighted by Gasteiger charge is 2.22. The molecule has 3 aromatic rings. The van der Waals surface area contributed by atoms with Crippen LogP contribution in [0.2, 0.25) is 0 Å². The van der Waals surface area contributed by atoms with E-state index in [0.29, 0.717) is 10.1 Å². The number of nitrogens with zero attached hydrogens (tertiary/aromatic N) is 2. The van der Waals surface area contributed by atoms with E-state index in [9.17, 15) is 23.6 Å². The normalized spacial score (nSPS) is 10.9. The van der Waals surface area contributed by atoms with Crippen LogP contribution in [0.1, 0.15) is 20.0 Å². The Hall–Kier alpha value is -3.27. The van der Waals surface area contributed by atoms with Crippen LogP contribution in [0.15, 0.2) is 33.9 Å². The number of carbonyl (C=O) groups is 2. The summed E-state index contributed by atoms with van der Waals surface area (Å²) in [6.45, 7) is -0.723. The number of anilines is 1. The maximum atomic E-state index is 13.2. The number of fused-ring (bicyclic) bond motifs is 1. The molecule has 0 aliphatic heterocycles. The van der Waals surface area contributed by atoms with Gasteiger partial charge in [-0.05, 0) is 29.7 Å². The summed E-state index contributed by atoms with van der Waals surface area (Å²) in [6, 6.07) is 5.54. The van der Waals surface area contributed by atoms with Crippen molar-refractivity contribution in [3.05, 3.63) is 61.4 Å². The Kier molecular flexibility index (Phi) is 4.66. The zero-order chi connectivity index (χ0) is 19.9. The van der Waals surface area contributed by atoms with Gasteiger partial charge >= 0.3 is 11.7 Å². The van der Waals surface area contributed by atoms with Gasteiger partial charge in [-0.1, -0.05) is 0 Å². The monoisotopic (exact) mass is 391 g/mol. The molecule has 2 aromatic heterocycles. The van der Waals surface area contributed by atoms with Gasteiger partial charge < -0.3 is 10.5 Å². The molecule has 0 fully saturated rings. The van der Waals surface area contributed by atoms with Crippen LogP contribution in [-0.4, -0.2) is 27.5 Å². The SMILES string of the molecule is Cn1c(N)c(C(=O)COC(=O)c2cc3cc(F)ccc3s2)c(=O)n(C)c1=O. The molecule has 0 amide bonds. The Balaban J connectivity index is 1.82. The summed E-state index contributed by atoms with van der Waals surface area (Å²) in [5, 5.41) is 0.537. The molecule has 2 N–H and O–H groups in total. The maximum absolute atomic E-state index is 13.2. The molecule has 0 radical (unpaired) electrons. The number of halogens is 1. The van der Waals surface area contributed by atoms with Crippen molar-refractivity contribution in [3.63, 3.8) is 0 Å². The number of thiophene rings is 1. The molecule has 0 aliphatic carbocycles.